The van der Waals surface area contributed by atoms with Gasteiger partial charge in [-0.15, -0.1) is 12.4 Å². The highest BCUT2D eigenvalue weighted by atomic mass is 35.5. The van der Waals surface area contributed by atoms with Crippen LogP contribution in [0.3, 0.4) is 0 Å². The van der Waals surface area contributed by atoms with Crippen molar-refractivity contribution < 1.29 is 13.2 Å². The Morgan fingerprint density at radius 2 is 2.00 bits per heavy atom. The number of hydrogen-bond acceptors (Lipinski definition) is 3. The largest absolute Gasteiger partial charge is 0.406 e. The van der Waals surface area contributed by atoms with E-state index in [1.54, 1.807) is 12.1 Å². The van der Waals surface area contributed by atoms with Gasteiger partial charge in [0.25, 0.3) is 5.56 Å². The molecule has 1 saturated heterocycles. The molecule has 166 valence electrons. The summed E-state index contributed by atoms with van der Waals surface area (Å²) >= 11 is 6.34. The smallest absolute Gasteiger partial charge is 0.374 e. The molecule has 2 N–H and O–H groups in total. The second-order valence-electron chi connectivity index (χ2n) is 7.71. The summed E-state index contributed by atoms with van der Waals surface area (Å²) in [5.74, 6) is 0. The maximum atomic E-state index is 12.8. The molecule has 4 rings (SSSR count). The Morgan fingerprint density at radius 3 is 2.68 bits per heavy atom. The molecular weight excluding hydrogens is 450 g/mol. The molecule has 1 aromatic heterocycles. The Balaban J connectivity index is 0.00000272. The summed E-state index contributed by atoms with van der Waals surface area (Å²) in [4.78, 5) is 12.6. The molecule has 0 saturated carbocycles. The lowest BCUT2D eigenvalue weighted by Gasteiger charge is -2.33. The molecule has 31 heavy (non-hydrogen) atoms. The van der Waals surface area contributed by atoms with Crippen molar-refractivity contribution in [2.24, 2.45) is 0 Å². The Morgan fingerprint density at radius 1 is 1.23 bits per heavy atom. The van der Waals surface area contributed by atoms with Crippen LogP contribution in [0.15, 0.2) is 53.5 Å². The molecule has 2 heterocycles. The number of nitrogens with zero attached hydrogens (tertiary/aromatic N) is 1. The van der Waals surface area contributed by atoms with E-state index in [1.165, 1.54) is 12.3 Å². The number of benzene rings is 2. The monoisotopic (exact) mass is 471 g/mol. The van der Waals surface area contributed by atoms with Gasteiger partial charge >= 0.3 is 6.18 Å². The van der Waals surface area contributed by atoms with Gasteiger partial charge in [-0.1, -0.05) is 29.8 Å². The fraction of sp³-hybridized carbons (Fsp3) is 0.318. The number of fused-ring (bicyclic) bond motifs is 1. The van der Waals surface area contributed by atoms with Crippen molar-refractivity contribution in [3.63, 3.8) is 0 Å². The quantitative estimate of drug-likeness (QED) is 0.546. The van der Waals surface area contributed by atoms with Gasteiger partial charge in [-0.2, -0.15) is 13.2 Å². The molecule has 0 radical (unpaired) electrons. The van der Waals surface area contributed by atoms with Crippen molar-refractivity contribution in [1.29, 1.82) is 0 Å². The topological polar surface area (TPSA) is 46.1 Å². The zero-order valence-electron chi connectivity index (χ0n) is 16.7. The standard InChI is InChI=1S/C22H21ClF3N3O.ClH/c1-14-18(3-2-4-19(14)23)21(8-9-27-12-21)28-16-6-5-15-7-10-29(13-22(24,25)26)20(30)17(15)11-16;/h2-7,10-11,27-28H,8-9,12-13H2,1H3;1H. The second-order valence-corrected chi connectivity index (χ2v) is 8.12. The summed E-state index contributed by atoms with van der Waals surface area (Å²) in [5, 5.41) is 8.42. The molecule has 1 atom stereocenters. The molecule has 0 bridgehead atoms. The first kappa shape index (κ1) is 23.4. The second kappa shape index (κ2) is 8.73. The molecule has 1 fully saturated rings. The summed E-state index contributed by atoms with van der Waals surface area (Å²) in [6, 6.07) is 12.5. The molecule has 2 aromatic carbocycles. The Labute approximate surface area is 188 Å². The molecular formula is C22H22Cl2F3N3O. The van der Waals surface area contributed by atoms with E-state index >= 15 is 0 Å². The number of hydrogen-bond donors (Lipinski definition) is 2. The number of pyridine rings is 1. The molecule has 3 aromatic rings. The van der Waals surface area contributed by atoms with Gasteiger partial charge in [-0.25, -0.2) is 0 Å². The number of anilines is 1. The average molecular weight is 472 g/mol. The van der Waals surface area contributed by atoms with Crippen LogP contribution in [-0.2, 0) is 12.1 Å². The summed E-state index contributed by atoms with van der Waals surface area (Å²) < 4.78 is 39.1. The third kappa shape index (κ3) is 4.68. The summed E-state index contributed by atoms with van der Waals surface area (Å²) in [5.41, 5.74) is 1.62. The Kier molecular flexibility index (Phi) is 6.60. The van der Waals surface area contributed by atoms with E-state index < -0.39 is 23.8 Å². The summed E-state index contributed by atoms with van der Waals surface area (Å²) in [6.07, 6.45) is -2.47. The third-order valence-electron chi connectivity index (χ3n) is 5.65. The van der Waals surface area contributed by atoms with Crippen LogP contribution in [0.4, 0.5) is 18.9 Å². The van der Waals surface area contributed by atoms with E-state index in [0.717, 1.165) is 24.1 Å². The number of alkyl halides is 3. The van der Waals surface area contributed by atoms with Gasteiger partial charge in [0, 0.05) is 28.8 Å². The van der Waals surface area contributed by atoms with Gasteiger partial charge in [0.05, 0.1) is 5.54 Å². The number of halogens is 5. The molecule has 9 heteroatoms. The molecule has 1 unspecified atom stereocenters. The molecule has 4 nitrogen and oxygen atoms in total. The van der Waals surface area contributed by atoms with Crippen LogP contribution in [0.1, 0.15) is 17.5 Å². The van der Waals surface area contributed by atoms with Crippen molar-refractivity contribution in [1.82, 2.24) is 9.88 Å². The van der Waals surface area contributed by atoms with Crippen LogP contribution >= 0.6 is 24.0 Å². The highest BCUT2D eigenvalue weighted by Crippen LogP contribution is 2.36. The predicted octanol–water partition coefficient (Wildman–Crippen LogP) is 5.25. The van der Waals surface area contributed by atoms with E-state index in [0.29, 0.717) is 27.2 Å². The first-order valence-electron chi connectivity index (χ1n) is 9.63. The van der Waals surface area contributed by atoms with Gasteiger partial charge in [0.15, 0.2) is 0 Å². The molecule has 0 spiro atoms. The highest BCUT2D eigenvalue weighted by Gasteiger charge is 2.37. The molecule has 1 aliphatic rings. The molecule has 0 aliphatic carbocycles. The minimum absolute atomic E-state index is 0. The fourth-order valence-corrected chi connectivity index (χ4v) is 4.35. The van der Waals surface area contributed by atoms with E-state index in [1.807, 2.05) is 31.2 Å². The predicted molar refractivity (Wildman–Crippen MR) is 120 cm³/mol. The maximum absolute atomic E-state index is 12.8. The van der Waals surface area contributed by atoms with E-state index in [4.69, 9.17) is 11.6 Å². The van der Waals surface area contributed by atoms with Crippen LogP contribution < -0.4 is 16.2 Å². The Hall–Kier alpha value is -2.22. The van der Waals surface area contributed by atoms with E-state index in [-0.39, 0.29) is 17.8 Å². The number of rotatable bonds is 4. The molecule has 0 amide bonds. The van der Waals surface area contributed by atoms with Crippen LogP contribution in [0.5, 0.6) is 0 Å². The fourth-order valence-electron chi connectivity index (χ4n) is 4.17. The first-order valence-corrected chi connectivity index (χ1v) is 10.0. The number of aromatic nitrogens is 1. The minimum atomic E-state index is -4.46. The lowest BCUT2D eigenvalue weighted by Crippen LogP contribution is -2.38. The zero-order valence-corrected chi connectivity index (χ0v) is 18.3. The summed E-state index contributed by atoms with van der Waals surface area (Å²) in [7, 11) is 0. The van der Waals surface area contributed by atoms with Crippen molar-refractivity contribution in [3.8, 4) is 0 Å². The van der Waals surface area contributed by atoms with Gasteiger partial charge in [-0.3, -0.25) is 4.79 Å². The first-order chi connectivity index (χ1) is 14.2. The maximum Gasteiger partial charge on any atom is 0.406 e. The van der Waals surface area contributed by atoms with Crippen molar-refractivity contribution in [2.75, 3.05) is 18.4 Å². The average Bonchev–Trinajstić information content (AvgIpc) is 3.15. The van der Waals surface area contributed by atoms with Crippen LogP contribution in [0, 0.1) is 6.92 Å². The summed E-state index contributed by atoms with van der Waals surface area (Å²) in [6.45, 7) is 2.13. The van der Waals surface area contributed by atoms with Crippen LogP contribution in [0.25, 0.3) is 10.8 Å². The van der Waals surface area contributed by atoms with Gasteiger partial charge < -0.3 is 15.2 Å². The van der Waals surface area contributed by atoms with Crippen molar-refractivity contribution in [3.05, 3.63) is 75.2 Å². The van der Waals surface area contributed by atoms with Crippen molar-refractivity contribution in [2.45, 2.75) is 31.6 Å². The highest BCUT2D eigenvalue weighted by molar-refractivity contribution is 6.31. The van der Waals surface area contributed by atoms with Crippen LogP contribution in [-0.4, -0.2) is 23.8 Å². The van der Waals surface area contributed by atoms with Crippen molar-refractivity contribution >= 4 is 40.5 Å². The third-order valence-corrected chi connectivity index (χ3v) is 6.06. The van der Waals surface area contributed by atoms with E-state index in [2.05, 4.69) is 10.6 Å². The lowest BCUT2D eigenvalue weighted by atomic mass is 9.85. The van der Waals surface area contributed by atoms with Gasteiger partial charge in [-0.05, 0) is 60.7 Å². The minimum Gasteiger partial charge on any atom is -0.374 e. The SMILES string of the molecule is Cc1c(Cl)cccc1C1(Nc2ccc3ccn(CC(F)(F)F)c(=O)c3c2)CCNC1.Cl. The van der Waals surface area contributed by atoms with Gasteiger partial charge in [0.2, 0.25) is 0 Å². The zero-order chi connectivity index (χ0) is 21.5. The normalized spacial score (nSPS) is 18.7. The lowest BCUT2D eigenvalue weighted by molar-refractivity contribution is -0.141. The molecule has 1 aliphatic heterocycles. The van der Waals surface area contributed by atoms with Crippen LogP contribution in [0.2, 0.25) is 5.02 Å². The van der Waals surface area contributed by atoms with Gasteiger partial charge in [0.1, 0.15) is 6.54 Å². The van der Waals surface area contributed by atoms with E-state index in [9.17, 15) is 18.0 Å². The Bertz CT molecular complexity index is 1150. The number of nitrogens with one attached hydrogen (secondary N) is 2.